The van der Waals surface area contributed by atoms with Crippen LogP contribution in [0.1, 0.15) is 24.0 Å². The van der Waals surface area contributed by atoms with Crippen molar-refractivity contribution in [2.75, 3.05) is 0 Å². The van der Waals surface area contributed by atoms with Crippen LogP contribution in [0.3, 0.4) is 0 Å². The molecule has 1 saturated carbocycles. The van der Waals surface area contributed by atoms with Crippen LogP contribution in [-0.2, 0) is 12.7 Å². The molecular formula is C13H14F5N3. The fourth-order valence-electron chi connectivity index (χ4n) is 2.04. The van der Waals surface area contributed by atoms with Crippen molar-refractivity contribution in [1.29, 1.82) is 0 Å². The van der Waals surface area contributed by atoms with Crippen LogP contribution < -0.4 is 11.1 Å². The lowest BCUT2D eigenvalue weighted by atomic mass is 9.88. The van der Waals surface area contributed by atoms with Gasteiger partial charge in [-0.15, -0.1) is 0 Å². The molecule has 0 aromatic heterocycles. The molecule has 1 aliphatic carbocycles. The molecule has 3 nitrogen and oxygen atoms in total. The highest BCUT2D eigenvalue weighted by molar-refractivity contribution is 5.78. The summed E-state index contributed by atoms with van der Waals surface area (Å²) in [6.07, 6.45) is -5.04. The molecule has 21 heavy (non-hydrogen) atoms. The molecule has 0 amide bonds. The Morgan fingerprint density at radius 3 is 2.57 bits per heavy atom. The predicted octanol–water partition coefficient (Wildman–Crippen LogP) is 2.91. The maximum Gasteiger partial charge on any atom is 0.416 e. The van der Waals surface area contributed by atoms with Gasteiger partial charge in [0.05, 0.1) is 12.1 Å². The summed E-state index contributed by atoms with van der Waals surface area (Å²) in [5.41, 5.74) is 5.09. The van der Waals surface area contributed by atoms with Gasteiger partial charge in [0.1, 0.15) is 0 Å². The predicted molar refractivity (Wildman–Crippen MR) is 67.9 cm³/mol. The Kier molecular flexibility index (Phi) is 4.06. The van der Waals surface area contributed by atoms with Gasteiger partial charge in [-0.3, -0.25) is 0 Å². The smallest absolute Gasteiger partial charge is 0.370 e. The number of hydrogen-bond donors (Lipinski definition) is 2. The van der Waals surface area contributed by atoms with Crippen LogP contribution in [0.5, 0.6) is 0 Å². The quantitative estimate of drug-likeness (QED) is 0.512. The fourth-order valence-corrected chi connectivity index (χ4v) is 2.04. The first-order chi connectivity index (χ1) is 9.66. The first-order valence-electron chi connectivity index (χ1n) is 6.26. The lowest BCUT2D eigenvalue weighted by Crippen LogP contribution is -2.52. The number of halogens is 5. The second kappa shape index (κ2) is 5.50. The lowest BCUT2D eigenvalue weighted by Gasteiger charge is -2.35. The average Bonchev–Trinajstić information content (AvgIpc) is 2.33. The molecule has 1 aliphatic rings. The Balaban J connectivity index is 1.91. The summed E-state index contributed by atoms with van der Waals surface area (Å²) in [5.74, 6) is -2.72. The van der Waals surface area contributed by atoms with E-state index in [2.05, 4.69) is 10.3 Å². The topological polar surface area (TPSA) is 50.4 Å². The highest BCUT2D eigenvalue weighted by atomic mass is 19.4. The summed E-state index contributed by atoms with van der Waals surface area (Å²) in [6.45, 7) is -0.0497. The molecule has 1 fully saturated rings. The second-order valence-electron chi connectivity index (χ2n) is 5.01. The number of guanidine groups is 1. The van der Waals surface area contributed by atoms with E-state index in [0.717, 1.165) is 12.1 Å². The van der Waals surface area contributed by atoms with E-state index in [-0.39, 0.29) is 25.3 Å². The van der Waals surface area contributed by atoms with Crippen LogP contribution in [-0.4, -0.2) is 17.9 Å². The molecule has 0 aliphatic heterocycles. The van der Waals surface area contributed by atoms with E-state index in [1.54, 1.807) is 0 Å². The van der Waals surface area contributed by atoms with Gasteiger partial charge in [0.25, 0.3) is 5.92 Å². The summed E-state index contributed by atoms with van der Waals surface area (Å²) < 4.78 is 62.8. The first kappa shape index (κ1) is 15.5. The number of alkyl halides is 5. The molecule has 0 radical (unpaired) electrons. The van der Waals surface area contributed by atoms with E-state index in [1.807, 2.05) is 0 Å². The third kappa shape index (κ3) is 4.30. The third-order valence-electron chi connectivity index (χ3n) is 3.13. The summed E-state index contributed by atoms with van der Waals surface area (Å²) in [5, 5.41) is 2.61. The number of aliphatic imine (C=N–C) groups is 1. The highest BCUT2D eigenvalue weighted by Crippen LogP contribution is 2.37. The molecule has 8 heteroatoms. The van der Waals surface area contributed by atoms with Gasteiger partial charge in [-0.05, 0) is 17.7 Å². The molecule has 0 unspecified atom stereocenters. The Morgan fingerprint density at radius 2 is 2.00 bits per heavy atom. The molecule has 3 N–H and O–H groups in total. The Morgan fingerprint density at radius 1 is 1.33 bits per heavy atom. The van der Waals surface area contributed by atoms with E-state index in [9.17, 15) is 22.0 Å². The van der Waals surface area contributed by atoms with Crippen molar-refractivity contribution >= 4 is 5.96 Å². The number of nitrogens with two attached hydrogens (primary N) is 1. The number of hydrogen-bond acceptors (Lipinski definition) is 1. The largest absolute Gasteiger partial charge is 0.416 e. The molecule has 1 aromatic rings. The summed E-state index contributed by atoms with van der Waals surface area (Å²) >= 11 is 0. The van der Waals surface area contributed by atoms with E-state index in [4.69, 9.17) is 5.73 Å². The van der Waals surface area contributed by atoms with Crippen molar-refractivity contribution in [1.82, 2.24) is 5.32 Å². The first-order valence-corrected chi connectivity index (χ1v) is 6.26. The zero-order valence-corrected chi connectivity index (χ0v) is 10.9. The second-order valence-corrected chi connectivity index (χ2v) is 5.01. The Bertz CT molecular complexity index is 531. The number of benzene rings is 1. The molecule has 0 saturated heterocycles. The van der Waals surface area contributed by atoms with Crippen molar-refractivity contribution < 1.29 is 22.0 Å². The number of nitrogens with one attached hydrogen (secondary N) is 1. The zero-order valence-electron chi connectivity index (χ0n) is 10.9. The summed E-state index contributed by atoms with van der Waals surface area (Å²) in [7, 11) is 0. The monoisotopic (exact) mass is 307 g/mol. The third-order valence-corrected chi connectivity index (χ3v) is 3.13. The van der Waals surface area contributed by atoms with Gasteiger partial charge >= 0.3 is 6.18 Å². The van der Waals surface area contributed by atoms with Crippen LogP contribution in [0, 0.1) is 0 Å². The summed E-state index contributed by atoms with van der Waals surface area (Å²) in [6, 6.07) is 4.28. The highest BCUT2D eigenvalue weighted by Gasteiger charge is 2.45. The van der Waals surface area contributed by atoms with E-state index >= 15 is 0 Å². The Labute approximate surface area is 118 Å². The maximum atomic E-state index is 12.6. The van der Waals surface area contributed by atoms with Crippen molar-refractivity contribution in [2.45, 2.75) is 37.5 Å². The molecule has 0 bridgehead atoms. The van der Waals surface area contributed by atoms with Crippen LogP contribution in [0.4, 0.5) is 22.0 Å². The molecule has 0 atom stereocenters. The van der Waals surface area contributed by atoms with Gasteiger partial charge in [0.2, 0.25) is 0 Å². The fraction of sp³-hybridized carbons (Fsp3) is 0.462. The van der Waals surface area contributed by atoms with Crippen LogP contribution in [0.2, 0.25) is 0 Å². The van der Waals surface area contributed by atoms with Gasteiger partial charge in [-0.1, -0.05) is 12.1 Å². The normalized spacial score (nSPS) is 19.2. The van der Waals surface area contributed by atoms with Crippen molar-refractivity contribution in [3.05, 3.63) is 35.4 Å². The van der Waals surface area contributed by atoms with E-state index in [1.165, 1.54) is 12.1 Å². The SMILES string of the molecule is NC(=NCc1cccc(C(F)(F)F)c1)NC1CC(F)(F)C1. The van der Waals surface area contributed by atoms with Crippen LogP contribution >= 0.6 is 0 Å². The van der Waals surface area contributed by atoms with Crippen molar-refractivity contribution in [2.24, 2.45) is 10.7 Å². The molecule has 0 heterocycles. The van der Waals surface area contributed by atoms with Gasteiger partial charge < -0.3 is 11.1 Å². The van der Waals surface area contributed by atoms with Gasteiger partial charge in [-0.2, -0.15) is 13.2 Å². The number of nitrogens with zero attached hydrogens (tertiary/aromatic N) is 1. The van der Waals surface area contributed by atoms with Gasteiger partial charge in [0.15, 0.2) is 5.96 Å². The molecule has 0 spiro atoms. The maximum absolute atomic E-state index is 12.6. The minimum Gasteiger partial charge on any atom is -0.370 e. The standard InChI is InChI=1S/C13H14F5N3/c14-12(15)5-10(6-12)21-11(19)20-7-8-2-1-3-9(4-8)13(16,17)18/h1-4,10H,5-7H2,(H3,19,20,21). The molecule has 116 valence electrons. The minimum absolute atomic E-state index is 0.0482. The lowest BCUT2D eigenvalue weighted by molar-refractivity contribution is -0.137. The number of rotatable bonds is 3. The van der Waals surface area contributed by atoms with Gasteiger partial charge in [0, 0.05) is 18.9 Å². The minimum atomic E-state index is -4.42. The molecule has 1 aromatic carbocycles. The van der Waals surface area contributed by atoms with Crippen molar-refractivity contribution in [3.63, 3.8) is 0 Å². The zero-order chi connectivity index (χ0) is 15.7. The van der Waals surface area contributed by atoms with Crippen molar-refractivity contribution in [3.8, 4) is 0 Å². The van der Waals surface area contributed by atoms with E-state index in [0.29, 0.717) is 5.56 Å². The summed E-state index contributed by atoms with van der Waals surface area (Å²) in [4.78, 5) is 3.86. The molecular weight excluding hydrogens is 293 g/mol. The Hall–Kier alpha value is -1.86. The van der Waals surface area contributed by atoms with Crippen LogP contribution in [0.15, 0.2) is 29.3 Å². The van der Waals surface area contributed by atoms with Gasteiger partial charge in [-0.25, -0.2) is 13.8 Å². The average molecular weight is 307 g/mol. The molecule has 2 rings (SSSR count). The van der Waals surface area contributed by atoms with Crippen LogP contribution in [0.25, 0.3) is 0 Å². The van der Waals surface area contributed by atoms with E-state index < -0.39 is 23.7 Å².